The van der Waals surface area contributed by atoms with E-state index in [4.69, 9.17) is 0 Å². The Hall–Kier alpha value is -1.19. The maximum absolute atomic E-state index is 9.85. The predicted octanol–water partition coefficient (Wildman–Crippen LogP) is -0.575. The third-order valence-electron chi connectivity index (χ3n) is 0.667. The van der Waals surface area contributed by atoms with Crippen molar-refractivity contribution in [1.29, 1.82) is 0 Å². The SMILES string of the molecule is Cc1n[c]n(C=O)n1. The molecular formula is C4H4N3O. The summed E-state index contributed by atoms with van der Waals surface area (Å²) in [6.07, 6.45) is 2.88. The zero-order valence-electron chi connectivity index (χ0n) is 4.33. The summed E-state index contributed by atoms with van der Waals surface area (Å²) in [5.74, 6) is 0.553. The van der Waals surface area contributed by atoms with Crippen LogP contribution in [0.15, 0.2) is 0 Å². The summed E-state index contributed by atoms with van der Waals surface area (Å²) in [6, 6.07) is 0. The number of nitrogens with zero attached hydrogens (tertiary/aromatic N) is 3. The van der Waals surface area contributed by atoms with E-state index in [0.29, 0.717) is 12.2 Å². The number of hydrogen-bond donors (Lipinski definition) is 0. The molecule has 0 aliphatic rings. The first-order valence-corrected chi connectivity index (χ1v) is 2.09. The lowest BCUT2D eigenvalue weighted by Gasteiger charge is -1.74. The molecule has 1 rings (SSSR count). The number of aryl methyl sites for hydroxylation is 1. The van der Waals surface area contributed by atoms with Crippen molar-refractivity contribution in [2.24, 2.45) is 0 Å². The summed E-state index contributed by atoms with van der Waals surface area (Å²) >= 11 is 0. The van der Waals surface area contributed by atoms with E-state index in [2.05, 4.69) is 16.4 Å². The minimum absolute atomic E-state index is 0.542. The Balaban J connectivity index is 3.00. The molecule has 4 heteroatoms. The van der Waals surface area contributed by atoms with Crippen molar-refractivity contribution in [3.63, 3.8) is 0 Å². The summed E-state index contributed by atoms with van der Waals surface area (Å²) in [4.78, 5) is 13.4. The Morgan fingerprint density at radius 3 is 2.88 bits per heavy atom. The Labute approximate surface area is 46.1 Å². The standard InChI is InChI=1S/C4H4N3O/c1-4-5-2-7(3-8)6-4/h3H,1H3. The molecular weight excluding hydrogens is 106 g/mol. The first-order valence-electron chi connectivity index (χ1n) is 2.09. The molecule has 0 aromatic carbocycles. The van der Waals surface area contributed by atoms with Gasteiger partial charge in [-0.3, -0.25) is 4.79 Å². The maximum atomic E-state index is 9.85. The summed E-state index contributed by atoms with van der Waals surface area (Å²) in [7, 11) is 0. The van der Waals surface area contributed by atoms with Crippen LogP contribution in [0.1, 0.15) is 5.82 Å². The third kappa shape index (κ3) is 0.726. The van der Waals surface area contributed by atoms with Gasteiger partial charge in [0.1, 0.15) is 5.82 Å². The molecule has 1 aromatic rings. The van der Waals surface area contributed by atoms with Gasteiger partial charge in [0.2, 0.25) is 12.7 Å². The molecule has 8 heavy (non-hydrogen) atoms. The van der Waals surface area contributed by atoms with Gasteiger partial charge >= 0.3 is 0 Å². The van der Waals surface area contributed by atoms with Gasteiger partial charge in [-0.15, -0.1) is 5.10 Å². The van der Waals surface area contributed by atoms with Crippen LogP contribution in [0.2, 0.25) is 0 Å². The molecule has 1 aromatic heterocycles. The second-order valence-electron chi connectivity index (χ2n) is 1.31. The van der Waals surface area contributed by atoms with Gasteiger partial charge in [-0.2, -0.15) is 4.68 Å². The van der Waals surface area contributed by atoms with E-state index < -0.39 is 0 Å². The zero-order valence-corrected chi connectivity index (χ0v) is 4.33. The fourth-order valence-electron chi connectivity index (χ4n) is 0.371. The Morgan fingerprint density at radius 2 is 2.62 bits per heavy atom. The van der Waals surface area contributed by atoms with Crippen molar-refractivity contribution in [3.8, 4) is 0 Å². The average molecular weight is 110 g/mol. The number of carbonyl (C=O) groups excluding carboxylic acids is 1. The molecule has 0 saturated carbocycles. The van der Waals surface area contributed by atoms with Gasteiger partial charge < -0.3 is 0 Å². The molecule has 0 fully saturated rings. The van der Waals surface area contributed by atoms with Crippen LogP contribution in [0.4, 0.5) is 0 Å². The fourth-order valence-corrected chi connectivity index (χ4v) is 0.371. The minimum Gasteiger partial charge on any atom is -0.276 e. The number of hydrogen-bond acceptors (Lipinski definition) is 3. The van der Waals surface area contributed by atoms with Crippen LogP contribution in [0.3, 0.4) is 0 Å². The van der Waals surface area contributed by atoms with Gasteiger partial charge in [0.25, 0.3) is 0 Å². The van der Waals surface area contributed by atoms with Gasteiger partial charge in [0, 0.05) is 0 Å². The van der Waals surface area contributed by atoms with Crippen molar-refractivity contribution < 1.29 is 4.79 Å². The molecule has 1 radical (unpaired) electrons. The van der Waals surface area contributed by atoms with Gasteiger partial charge in [-0.05, 0) is 6.92 Å². The maximum Gasteiger partial charge on any atom is 0.236 e. The smallest absolute Gasteiger partial charge is 0.236 e. The van der Waals surface area contributed by atoms with E-state index in [0.717, 1.165) is 4.68 Å². The molecule has 0 aliphatic heterocycles. The second-order valence-corrected chi connectivity index (χ2v) is 1.31. The first-order chi connectivity index (χ1) is 3.83. The second kappa shape index (κ2) is 1.73. The molecule has 0 saturated heterocycles. The molecule has 0 aliphatic carbocycles. The topological polar surface area (TPSA) is 47.8 Å². The lowest BCUT2D eigenvalue weighted by molar-refractivity contribution is 0.539. The normalized spacial score (nSPS) is 9.12. The van der Waals surface area contributed by atoms with E-state index in [1.165, 1.54) is 0 Å². The quantitative estimate of drug-likeness (QED) is 0.454. The van der Waals surface area contributed by atoms with Crippen LogP contribution in [0, 0.1) is 13.3 Å². The molecule has 1 heterocycles. The van der Waals surface area contributed by atoms with Gasteiger partial charge in [-0.25, -0.2) is 4.98 Å². The Morgan fingerprint density at radius 1 is 1.88 bits per heavy atom. The van der Waals surface area contributed by atoms with Gasteiger partial charge in [0.15, 0.2) is 0 Å². The Kier molecular flexibility index (Phi) is 1.07. The molecule has 0 amide bonds. The first kappa shape index (κ1) is 4.96. The lowest BCUT2D eigenvalue weighted by Crippen LogP contribution is -1.94. The Bertz CT molecular complexity index is 193. The predicted molar refractivity (Wildman–Crippen MR) is 25.7 cm³/mol. The van der Waals surface area contributed by atoms with Crippen LogP contribution < -0.4 is 0 Å². The largest absolute Gasteiger partial charge is 0.276 e. The number of carbonyl (C=O) groups is 1. The van der Waals surface area contributed by atoms with Crippen LogP contribution in [0.25, 0.3) is 0 Å². The highest BCUT2D eigenvalue weighted by atomic mass is 16.1. The molecule has 4 nitrogen and oxygen atoms in total. The minimum atomic E-state index is 0.542. The summed E-state index contributed by atoms with van der Waals surface area (Å²) in [5.41, 5.74) is 0. The summed E-state index contributed by atoms with van der Waals surface area (Å²) in [6.45, 7) is 1.69. The fraction of sp³-hybridized carbons (Fsp3) is 0.250. The van der Waals surface area contributed by atoms with E-state index >= 15 is 0 Å². The van der Waals surface area contributed by atoms with E-state index in [9.17, 15) is 4.79 Å². The van der Waals surface area contributed by atoms with E-state index in [1.54, 1.807) is 6.92 Å². The molecule has 0 bridgehead atoms. The van der Waals surface area contributed by atoms with E-state index in [-0.39, 0.29) is 0 Å². The zero-order chi connectivity index (χ0) is 5.98. The van der Waals surface area contributed by atoms with Crippen LogP contribution in [0.5, 0.6) is 0 Å². The highest BCUT2D eigenvalue weighted by Crippen LogP contribution is 1.78. The monoisotopic (exact) mass is 110 g/mol. The lowest BCUT2D eigenvalue weighted by atomic mass is 10.8. The van der Waals surface area contributed by atoms with Crippen molar-refractivity contribution >= 4 is 6.41 Å². The molecule has 0 unspecified atom stereocenters. The highest BCUT2D eigenvalue weighted by Gasteiger charge is 1.89. The van der Waals surface area contributed by atoms with Crippen molar-refractivity contribution in [1.82, 2.24) is 14.8 Å². The average Bonchev–Trinajstić information content (AvgIpc) is 2.14. The number of rotatable bonds is 1. The van der Waals surface area contributed by atoms with Crippen LogP contribution in [-0.4, -0.2) is 21.2 Å². The molecule has 0 N–H and O–H groups in total. The molecule has 41 valence electrons. The van der Waals surface area contributed by atoms with E-state index in [1.807, 2.05) is 0 Å². The molecule has 0 atom stereocenters. The van der Waals surface area contributed by atoms with Gasteiger partial charge in [-0.1, -0.05) is 0 Å². The highest BCUT2D eigenvalue weighted by molar-refractivity contribution is 5.48. The summed E-state index contributed by atoms with van der Waals surface area (Å²) < 4.78 is 0.995. The van der Waals surface area contributed by atoms with Crippen molar-refractivity contribution in [2.45, 2.75) is 6.92 Å². The van der Waals surface area contributed by atoms with Gasteiger partial charge in [0.05, 0.1) is 0 Å². The summed E-state index contributed by atoms with van der Waals surface area (Å²) in [5, 5.41) is 3.61. The van der Waals surface area contributed by atoms with Crippen LogP contribution >= 0.6 is 0 Å². The van der Waals surface area contributed by atoms with Crippen molar-refractivity contribution in [3.05, 3.63) is 12.2 Å². The molecule has 0 spiro atoms. The third-order valence-corrected chi connectivity index (χ3v) is 0.667. The number of aromatic nitrogens is 3. The van der Waals surface area contributed by atoms with Crippen LogP contribution in [-0.2, 0) is 4.79 Å². The van der Waals surface area contributed by atoms with Crippen molar-refractivity contribution in [2.75, 3.05) is 0 Å².